The molecule has 0 aromatic carbocycles. The zero-order valence-electron chi connectivity index (χ0n) is 14.7. The Morgan fingerprint density at radius 1 is 1.17 bits per heavy atom. The number of hydrogen-bond donors (Lipinski definition) is 3. The molecule has 1 unspecified atom stereocenters. The van der Waals surface area contributed by atoms with Crippen LogP contribution in [-0.4, -0.2) is 54.4 Å². The lowest BCUT2D eigenvalue weighted by molar-refractivity contribution is 0.155. The van der Waals surface area contributed by atoms with Crippen molar-refractivity contribution in [3.63, 3.8) is 0 Å². The predicted molar refractivity (Wildman–Crippen MR) is 93.5 cm³/mol. The summed E-state index contributed by atoms with van der Waals surface area (Å²) in [4.78, 5) is 14.6. The molecule has 2 rings (SSSR count). The van der Waals surface area contributed by atoms with Gasteiger partial charge in [-0.2, -0.15) is 0 Å². The molecule has 0 aromatic heterocycles. The summed E-state index contributed by atoms with van der Waals surface area (Å²) >= 11 is 0. The highest BCUT2D eigenvalue weighted by atomic mass is 16.3. The number of carbonyl (C=O) groups is 1. The maximum Gasteiger partial charge on any atom is 0.315 e. The Kier molecular flexibility index (Phi) is 8.17. The minimum Gasteiger partial charge on any atom is -0.396 e. The molecule has 23 heavy (non-hydrogen) atoms. The van der Waals surface area contributed by atoms with E-state index in [1.165, 1.54) is 38.6 Å². The van der Waals surface area contributed by atoms with Gasteiger partial charge in [0, 0.05) is 38.3 Å². The number of likely N-dealkylation sites (tertiary alicyclic amines) is 1. The number of carbonyl (C=O) groups excluding carboxylic acids is 1. The summed E-state index contributed by atoms with van der Waals surface area (Å²) in [6, 6.07) is 0.373. The smallest absolute Gasteiger partial charge is 0.315 e. The van der Waals surface area contributed by atoms with Crippen molar-refractivity contribution in [2.75, 3.05) is 26.2 Å². The van der Waals surface area contributed by atoms with Crippen LogP contribution in [0, 0.1) is 5.92 Å². The summed E-state index contributed by atoms with van der Waals surface area (Å²) in [7, 11) is 0. The van der Waals surface area contributed by atoms with Crippen LogP contribution in [0.25, 0.3) is 0 Å². The van der Waals surface area contributed by atoms with Crippen molar-refractivity contribution in [2.45, 2.75) is 76.8 Å². The average Bonchev–Trinajstić information content (AvgIpc) is 2.55. The molecule has 2 amide bonds. The second-order valence-corrected chi connectivity index (χ2v) is 7.46. The third-order valence-electron chi connectivity index (χ3n) is 5.34. The normalized spacial score (nSPS) is 22.7. The fourth-order valence-corrected chi connectivity index (χ4v) is 3.92. The molecule has 5 heteroatoms. The van der Waals surface area contributed by atoms with E-state index < -0.39 is 0 Å². The highest BCUT2D eigenvalue weighted by Crippen LogP contribution is 2.25. The molecule has 1 saturated carbocycles. The molecule has 1 aliphatic carbocycles. The van der Waals surface area contributed by atoms with Crippen molar-refractivity contribution in [3.05, 3.63) is 0 Å². The number of urea groups is 1. The van der Waals surface area contributed by atoms with Crippen LogP contribution in [0.4, 0.5) is 4.79 Å². The SMILES string of the molecule is CC(CCCO)NC(=O)NC1CCN(CC2CCCCC2)CC1. The second-order valence-electron chi connectivity index (χ2n) is 7.46. The number of hydrogen-bond acceptors (Lipinski definition) is 3. The van der Waals surface area contributed by atoms with Gasteiger partial charge in [-0.25, -0.2) is 4.79 Å². The van der Waals surface area contributed by atoms with Crippen LogP contribution < -0.4 is 10.6 Å². The number of nitrogens with one attached hydrogen (secondary N) is 2. The molecule has 0 radical (unpaired) electrons. The van der Waals surface area contributed by atoms with E-state index in [1.54, 1.807) is 0 Å². The lowest BCUT2D eigenvalue weighted by Crippen LogP contribution is -2.50. The average molecular weight is 325 g/mol. The Labute approximate surface area is 141 Å². The minimum atomic E-state index is -0.0545. The number of amides is 2. The Morgan fingerprint density at radius 3 is 2.52 bits per heavy atom. The Hall–Kier alpha value is -0.810. The summed E-state index contributed by atoms with van der Waals surface area (Å²) in [5.74, 6) is 0.906. The van der Waals surface area contributed by atoms with Gasteiger partial charge in [-0.3, -0.25) is 0 Å². The molecule has 2 aliphatic rings. The van der Waals surface area contributed by atoms with E-state index in [0.29, 0.717) is 6.04 Å². The first-order chi connectivity index (χ1) is 11.2. The van der Waals surface area contributed by atoms with Crippen LogP contribution >= 0.6 is 0 Å². The maximum absolute atomic E-state index is 12.0. The van der Waals surface area contributed by atoms with Crippen LogP contribution in [-0.2, 0) is 0 Å². The Balaban J connectivity index is 1.59. The largest absolute Gasteiger partial charge is 0.396 e. The molecular formula is C18H35N3O2. The van der Waals surface area contributed by atoms with Gasteiger partial charge in [0.15, 0.2) is 0 Å². The highest BCUT2D eigenvalue weighted by Gasteiger charge is 2.23. The van der Waals surface area contributed by atoms with Gasteiger partial charge in [-0.1, -0.05) is 19.3 Å². The molecule has 1 atom stereocenters. The number of piperidine rings is 1. The summed E-state index contributed by atoms with van der Waals surface area (Å²) in [5, 5.41) is 14.9. The van der Waals surface area contributed by atoms with Crippen molar-refractivity contribution in [1.82, 2.24) is 15.5 Å². The van der Waals surface area contributed by atoms with Gasteiger partial charge in [-0.05, 0) is 51.4 Å². The van der Waals surface area contributed by atoms with Gasteiger partial charge >= 0.3 is 6.03 Å². The predicted octanol–water partition coefficient (Wildman–Crippen LogP) is 2.49. The van der Waals surface area contributed by atoms with E-state index in [1.807, 2.05) is 6.92 Å². The van der Waals surface area contributed by atoms with Crippen LogP contribution in [0.15, 0.2) is 0 Å². The molecule has 134 valence electrons. The van der Waals surface area contributed by atoms with Gasteiger partial charge in [0.25, 0.3) is 0 Å². The number of aliphatic hydroxyl groups excluding tert-OH is 1. The highest BCUT2D eigenvalue weighted by molar-refractivity contribution is 5.74. The van der Waals surface area contributed by atoms with Crippen LogP contribution in [0.1, 0.15) is 64.7 Å². The first-order valence-corrected chi connectivity index (χ1v) is 9.57. The van der Waals surface area contributed by atoms with Crippen LogP contribution in [0.2, 0.25) is 0 Å². The summed E-state index contributed by atoms with van der Waals surface area (Å²) in [6.07, 6.45) is 10.8. The molecule has 1 saturated heterocycles. The number of aliphatic hydroxyl groups is 1. The van der Waals surface area contributed by atoms with E-state index >= 15 is 0 Å². The maximum atomic E-state index is 12.0. The second kappa shape index (κ2) is 10.1. The van der Waals surface area contributed by atoms with Crippen molar-refractivity contribution in [2.24, 2.45) is 5.92 Å². The number of rotatable bonds is 7. The summed E-state index contributed by atoms with van der Waals surface area (Å²) in [6.45, 7) is 5.66. The third-order valence-corrected chi connectivity index (χ3v) is 5.34. The van der Waals surface area contributed by atoms with Crippen molar-refractivity contribution in [3.8, 4) is 0 Å². The summed E-state index contributed by atoms with van der Waals surface area (Å²) < 4.78 is 0. The minimum absolute atomic E-state index is 0.0545. The lowest BCUT2D eigenvalue weighted by Gasteiger charge is -2.35. The van der Waals surface area contributed by atoms with Crippen molar-refractivity contribution >= 4 is 6.03 Å². The molecule has 1 aliphatic heterocycles. The molecule has 1 heterocycles. The van der Waals surface area contributed by atoms with Gasteiger partial charge in [0.05, 0.1) is 0 Å². The Bertz CT molecular complexity index is 337. The van der Waals surface area contributed by atoms with Gasteiger partial charge < -0.3 is 20.6 Å². The van der Waals surface area contributed by atoms with E-state index in [2.05, 4.69) is 15.5 Å². The molecule has 0 bridgehead atoms. The van der Waals surface area contributed by atoms with E-state index in [0.717, 1.165) is 44.7 Å². The third kappa shape index (κ3) is 7.08. The standard InChI is InChI=1S/C18H35N3O2/c1-15(6-5-13-22)19-18(23)20-17-9-11-21(12-10-17)14-16-7-3-2-4-8-16/h15-17,22H,2-14H2,1H3,(H2,19,20,23). The summed E-state index contributed by atoms with van der Waals surface area (Å²) in [5.41, 5.74) is 0. The number of nitrogens with zero attached hydrogens (tertiary/aromatic N) is 1. The van der Waals surface area contributed by atoms with E-state index in [9.17, 15) is 4.79 Å². The zero-order valence-corrected chi connectivity index (χ0v) is 14.7. The Morgan fingerprint density at radius 2 is 1.87 bits per heavy atom. The molecule has 3 N–H and O–H groups in total. The zero-order chi connectivity index (χ0) is 16.5. The molecule has 2 fully saturated rings. The molecular weight excluding hydrogens is 290 g/mol. The molecule has 5 nitrogen and oxygen atoms in total. The first kappa shape index (κ1) is 18.5. The van der Waals surface area contributed by atoms with Crippen LogP contribution in [0.3, 0.4) is 0 Å². The van der Waals surface area contributed by atoms with Gasteiger partial charge in [0.2, 0.25) is 0 Å². The quantitative estimate of drug-likeness (QED) is 0.674. The van der Waals surface area contributed by atoms with Gasteiger partial charge in [-0.15, -0.1) is 0 Å². The lowest BCUT2D eigenvalue weighted by atomic mass is 9.88. The van der Waals surface area contributed by atoms with Crippen molar-refractivity contribution < 1.29 is 9.90 Å². The van der Waals surface area contributed by atoms with Crippen molar-refractivity contribution in [1.29, 1.82) is 0 Å². The fraction of sp³-hybridized carbons (Fsp3) is 0.944. The first-order valence-electron chi connectivity index (χ1n) is 9.57. The molecule has 0 spiro atoms. The van der Waals surface area contributed by atoms with E-state index in [4.69, 9.17) is 5.11 Å². The molecule has 0 aromatic rings. The van der Waals surface area contributed by atoms with Gasteiger partial charge in [0.1, 0.15) is 0 Å². The monoisotopic (exact) mass is 325 g/mol. The van der Waals surface area contributed by atoms with Crippen LogP contribution in [0.5, 0.6) is 0 Å². The van der Waals surface area contributed by atoms with E-state index in [-0.39, 0.29) is 18.7 Å². The fourth-order valence-electron chi connectivity index (χ4n) is 3.92. The topological polar surface area (TPSA) is 64.6 Å².